The number of amides is 1. The van der Waals surface area contributed by atoms with Gasteiger partial charge in [-0.05, 0) is 49.1 Å². The van der Waals surface area contributed by atoms with Crippen molar-refractivity contribution in [3.63, 3.8) is 0 Å². The first-order valence-corrected chi connectivity index (χ1v) is 12.9. The highest BCUT2D eigenvalue weighted by Crippen LogP contribution is 2.33. The Morgan fingerprint density at radius 3 is 2.85 bits per heavy atom. The Bertz CT molecular complexity index is 1260. The third-order valence-electron chi connectivity index (χ3n) is 7.14. The lowest BCUT2D eigenvalue weighted by molar-refractivity contribution is -0.137. The molecule has 0 aliphatic carbocycles. The Hall–Kier alpha value is -3.29. The number of halogens is 4. The Morgan fingerprint density at radius 2 is 2.05 bits per heavy atom. The van der Waals surface area contributed by atoms with Crippen LogP contribution in [0.1, 0.15) is 30.4 Å². The quantitative estimate of drug-likeness (QED) is 0.292. The van der Waals surface area contributed by atoms with Gasteiger partial charge in [0.2, 0.25) is 11.9 Å². The predicted molar refractivity (Wildman–Crippen MR) is 134 cm³/mol. The van der Waals surface area contributed by atoms with Gasteiger partial charge in [0.15, 0.2) is 5.82 Å². The van der Waals surface area contributed by atoms with E-state index < -0.39 is 17.7 Å². The van der Waals surface area contributed by atoms with Gasteiger partial charge in [0.1, 0.15) is 0 Å². The van der Waals surface area contributed by atoms with E-state index in [9.17, 15) is 22.4 Å². The number of benzene rings is 1. The fraction of sp³-hybridized carbons (Fsp3) is 0.500. The van der Waals surface area contributed by atoms with Gasteiger partial charge in [-0.2, -0.15) is 22.7 Å². The minimum atomic E-state index is -4.49. The van der Waals surface area contributed by atoms with E-state index in [4.69, 9.17) is 9.47 Å². The number of rotatable bonds is 8. The molecule has 0 spiro atoms. The fourth-order valence-corrected chi connectivity index (χ4v) is 5.10. The van der Waals surface area contributed by atoms with Gasteiger partial charge in [-0.3, -0.25) is 14.8 Å². The number of fused-ring (bicyclic) bond motifs is 1. The Labute approximate surface area is 222 Å². The van der Waals surface area contributed by atoms with Crippen LogP contribution in [0.4, 0.5) is 23.4 Å². The standard InChI is InChI=1S/C26H30F4N6O3/c27-23-6-3-16(11-31-23)15-39-22-14-36(18-2-1-8-38-9-7-18)13-21(22)33-24(37)12-32-25-19-10-17(26(28,29)30)4-5-20(19)34-35-25/h3-6,10-11,18,21-22H,1-2,7-9,12-15H2,(H,33,37)(H2,32,34,35)/t18?,21?,22-/m0/s1. The van der Waals surface area contributed by atoms with Crippen LogP contribution in [0.15, 0.2) is 36.5 Å². The van der Waals surface area contributed by atoms with Crippen LogP contribution >= 0.6 is 0 Å². The third-order valence-corrected chi connectivity index (χ3v) is 7.14. The van der Waals surface area contributed by atoms with Gasteiger partial charge in [0.05, 0.1) is 36.4 Å². The molecule has 0 saturated carbocycles. The summed E-state index contributed by atoms with van der Waals surface area (Å²) in [5, 5.41) is 12.8. The van der Waals surface area contributed by atoms with Crippen molar-refractivity contribution in [1.82, 2.24) is 25.4 Å². The number of carbonyl (C=O) groups is 1. The normalized spacial score (nSPS) is 22.6. The van der Waals surface area contributed by atoms with Crippen LogP contribution in [0.3, 0.4) is 0 Å². The number of nitrogens with zero attached hydrogens (tertiary/aromatic N) is 3. The Balaban J connectivity index is 1.23. The van der Waals surface area contributed by atoms with Crippen molar-refractivity contribution in [2.75, 3.05) is 38.2 Å². The van der Waals surface area contributed by atoms with E-state index in [0.29, 0.717) is 36.8 Å². The fourth-order valence-electron chi connectivity index (χ4n) is 5.10. The molecule has 9 nitrogen and oxygen atoms in total. The number of hydrogen-bond acceptors (Lipinski definition) is 7. The van der Waals surface area contributed by atoms with Crippen LogP contribution in [0.5, 0.6) is 0 Å². The highest BCUT2D eigenvalue weighted by atomic mass is 19.4. The van der Waals surface area contributed by atoms with Gasteiger partial charge in [0, 0.05) is 43.9 Å². The molecule has 4 heterocycles. The maximum absolute atomic E-state index is 13.2. The van der Waals surface area contributed by atoms with Crippen LogP contribution in [-0.2, 0) is 27.1 Å². The summed E-state index contributed by atoms with van der Waals surface area (Å²) >= 11 is 0. The van der Waals surface area contributed by atoms with Crippen LogP contribution in [0.25, 0.3) is 10.9 Å². The van der Waals surface area contributed by atoms with Gasteiger partial charge in [-0.1, -0.05) is 6.07 Å². The number of likely N-dealkylation sites (tertiary alicyclic amines) is 1. The summed E-state index contributed by atoms with van der Waals surface area (Å²) in [5.74, 6) is -0.751. The van der Waals surface area contributed by atoms with E-state index in [0.717, 1.165) is 38.0 Å². The third kappa shape index (κ3) is 6.84. The number of hydrogen-bond donors (Lipinski definition) is 3. The highest BCUT2D eigenvalue weighted by molar-refractivity contribution is 5.92. The van der Waals surface area contributed by atoms with E-state index in [1.807, 2.05) is 0 Å². The van der Waals surface area contributed by atoms with Crippen molar-refractivity contribution in [3.8, 4) is 0 Å². The smallest absolute Gasteiger partial charge is 0.381 e. The molecule has 0 bridgehead atoms. The molecule has 2 aliphatic rings. The van der Waals surface area contributed by atoms with E-state index in [2.05, 4.69) is 30.7 Å². The summed E-state index contributed by atoms with van der Waals surface area (Å²) in [6.07, 6.45) is -0.546. The summed E-state index contributed by atoms with van der Waals surface area (Å²) < 4.78 is 64.4. The van der Waals surface area contributed by atoms with Crippen molar-refractivity contribution in [2.24, 2.45) is 0 Å². The van der Waals surface area contributed by atoms with Gasteiger partial charge in [0.25, 0.3) is 0 Å². The first kappa shape index (κ1) is 27.3. The average molecular weight is 551 g/mol. The first-order valence-electron chi connectivity index (χ1n) is 12.9. The molecule has 3 aromatic rings. The molecule has 210 valence electrons. The van der Waals surface area contributed by atoms with Crippen molar-refractivity contribution in [3.05, 3.63) is 53.6 Å². The van der Waals surface area contributed by atoms with Crippen LogP contribution < -0.4 is 10.6 Å². The molecule has 0 radical (unpaired) electrons. The lowest BCUT2D eigenvalue weighted by Crippen LogP contribution is -2.46. The topological polar surface area (TPSA) is 104 Å². The first-order chi connectivity index (χ1) is 18.8. The summed E-state index contributed by atoms with van der Waals surface area (Å²) in [6.45, 7) is 2.65. The number of pyridine rings is 1. The van der Waals surface area contributed by atoms with Gasteiger partial charge in [-0.25, -0.2) is 4.98 Å². The average Bonchev–Trinajstić information content (AvgIpc) is 3.39. The number of ether oxygens (including phenoxy) is 2. The van der Waals surface area contributed by atoms with Gasteiger partial charge >= 0.3 is 6.18 Å². The second-order valence-electron chi connectivity index (χ2n) is 9.85. The molecule has 2 aliphatic heterocycles. The second kappa shape index (κ2) is 11.8. The summed E-state index contributed by atoms with van der Waals surface area (Å²) in [5.41, 5.74) is 0.344. The molecule has 2 fully saturated rings. The zero-order valence-electron chi connectivity index (χ0n) is 21.1. The lowest BCUT2D eigenvalue weighted by atomic mass is 10.1. The number of aromatic nitrogens is 3. The number of carbonyl (C=O) groups excluding carboxylic acids is 1. The molecule has 2 unspecified atom stereocenters. The number of aromatic amines is 1. The van der Waals surface area contributed by atoms with E-state index in [-0.39, 0.29) is 42.4 Å². The van der Waals surface area contributed by atoms with E-state index in [1.165, 1.54) is 18.3 Å². The van der Waals surface area contributed by atoms with Crippen molar-refractivity contribution >= 4 is 22.6 Å². The number of nitrogens with one attached hydrogen (secondary N) is 3. The van der Waals surface area contributed by atoms with Gasteiger partial charge in [-0.15, -0.1) is 0 Å². The molecule has 39 heavy (non-hydrogen) atoms. The molecule has 1 aromatic carbocycles. The summed E-state index contributed by atoms with van der Waals surface area (Å²) in [4.78, 5) is 18.9. The van der Waals surface area contributed by atoms with Crippen LogP contribution in [-0.4, -0.2) is 77.0 Å². The molecule has 3 N–H and O–H groups in total. The van der Waals surface area contributed by atoms with Gasteiger partial charge < -0.3 is 20.1 Å². The minimum Gasteiger partial charge on any atom is -0.381 e. The number of anilines is 1. The number of alkyl halides is 3. The minimum absolute atomic E-state index is 0.161. The van der Waals surface area contributed by atoms with E-state index in [1.54, 1.807) is 6.07 Å². The van der Waals surface area contributed by atoms with E-state index >= 15 is 0 Å². The molecular formula is C26H30F4N6O3. The molecule has 5 rings (SSSR count). The zero-order valence-corrected chi connectivity index (χ0v) is 21.1. The van der Waals surface area contributed by atoms with Crippen molar-refractivity contribution in [2.45, 2.75) is 50.2 Å². The van der Waals surface area contributed by atoms with Crippen LogP contribution in [0.2, 0.25) is 0 Å². The van der Waals surface area contributed by atoms with Crippen LogP contribution in [0, 0.1) is 5.95 Å². The molecule has 2 saturated heterocycles. The largest absolute Gasteiger partial charge is 0.416 e. The maximum Gasteiger partial charge on any atom is 0.416 e. The monoisotopic (exact) mass is 550 g/mol. The summed E-state index contributed by atoms with van der Waals surface area (Å²) in [7, 11) is 0. The SMILES string of the molecule is O=C(CNc1n[nH]c2ccc(C(F)(F)F)cc12)NC1CN(C2CCCOCC2)C[C@@H]1OCc1ccc(F)nc1. The molecule has 3 atom stereocenters. The Morgan fingerprint density at radius 1 is 1.18 bits per heavy atom. The highest BCUT2D eigenvalue weighted by Gasteiger charge is 2.38. The van der Waals surface area contributed by atoms with Crippen molar-refractivity contribution < 1.29 is 31.8 Å². The predicted octanol–water partition coefficient (Wildman–Crippen LogP) is 3.48. The Kier molecular flexibility index (Phi) is 8.29. The molecule has 2 aromatic heterocycles. The molecular weight excluding hydrogens is 520 g/mol. The van der Waals surface area contributed by atoms with Crippen molar-refractivity contribution in [1.29, 1.82) is 0 Å². The molecule has 13 heteroatoms. The zero-order chi connectivity index (χ0) is 27.4. The second-order valence-corrected chi connectivity index (χ2v) is 9.85. The molecule has 1 amide bonds. The maximum atomic E-state index is 13.2. The lowest BCUT2D eigenvalue weighted by Gasteiger charge is -2.26. The summed E-state index contributed by atoms with van der Waals surface area (Å²) in [6, 6.07) is 6.15. The number of H-pyrrole nitrogens is 1.